The molecule has 17 heavy (non-hydrogen) atoms. The van der Waals surface area contributed by atoms with E-state index in [-0.39, 0.29) is 0 Å². The Bertz CT molecular complexity index is 433. The molecule has 0 aliphatic rings. The van der Waals surface area contributed by atoms with Crippen LogP contribution in [0.4, 0.5) is 0 Å². The van der Waals surface area contributed by atoms with Crippen LogP contribution in [0.2, 0.25) is 0 Å². The van der Waals surface area contributed by atoms with E-state index in [1.54, 1.807) is 12.5 Å². The molecule has 0 amide bonds. The van der Waals surface area contributed by atoms with E-state index in [1.165, 1.54) is 12.8 Å². The number of nitrogens with zero attached hydrogens (tertiary/aromatic N) is 4. The molecule has 0 fully saturated rings. The van der Waals surface area contributed by atoms with Crippen molar-refractivity contribution in [3.63, 3.8) is 0 Å². The van der Waals surface area contributed by atoms with Crippen molar-refractivity contribution in [2.24, 2.45) is 0 Å². The molecule has 0 bridgehead atoms. The molecule has 2 aromatic rings. The number of rotatable bonds is 5. The topological polar surface area (TPSA) is 43.6 Å². The van der Waals surface area contributed by atoms with Gasteiger partial charge in [0, 0.05) is 18.3 Å². The molecule has 2 rings (SSSR count). The van der Waals surface area contributed by atoms with Crippen LogP contribution >= 0.6 is 0 Å². The summed E-state index contributed by atoms with van der Waals surface area (Å²) in [6.45, 7) is 4.40. The first-order chi connectivity index (χ1) is 8.35. The average Bonchev–Trinajstić information content (AvgIpc) is 2.90. The smallest absolute Gasteiger partial charge is 0.156 e. The molecule has 1 atom stereocenters. The normalized spacial score (nSPS) is 12.6. The van der Waals surface area contributed by atoms with Gasteiger partial charge in [-0.2, -0.15) is 0 Å². The van der Waals surface area contributed by atoms with Crippen molar-refractivity contribution >= 4 is 0 Å². The first kappa shape index (κ1) is 11.8. The molecule has 4 heteroatoms. The predicted molar refractivity (Wildman–Crippen MR) is 67.1 cm³/mol. The number of imidazole rings is 1. The number of aromatic nitrogens is 4. The molecule has 2 heterocycles. The lowest BCUT2D eigenvalue weighted by atomic mass is 9.97. The Labute approximate surface area is 102 Å². The molecule has 4 nitrogen and oxygen atoms in total. The molecule has 90 valence electrons. The van der Waals surface area contributed by atoms with Gasteiger partial charge in [-0.3, -0.25) is 9.55 Å². The summed E-state index contributed by atoms with van der Waals surface area (Å²) in [5.74, 6) is 1.35. The van der Waals surface area contributed by atoms with E-state index in [0.717, 1.165) is 17.9 Å². The molecule has 0 aliphatic heterocycles. The monoisotopic (exact) mass is 230 g/mol. The summed E-state index contributed by atoms with van der Waals surface area (Å²) in [6.07, 6.45) is 12.5. The van der Waals surface area contributed by atoms with E-state index in [2.05, 4.69) is 28.8 Å². The Balaban J connectivity index is 2.17. The predicted octanol–water partition coefficient (Wildman–Crippen LogP) is 2.96. The molecule has 0 spiro atoms. The molecule has 1 unspecified atom stereocenters. The van der Waals surface area contributed by atoms with Crippen LogP contribution in [-0.4, -0.2) is 19.5 Å². The summed E-state index contributed by atoms with van der Waals surface area (Å²) in [6, 6.07) is 0. The Morgan fingerprint density at radius 1 is 1.24 bits per heavy atom. The van der Waals surface area contributed by atoms with Gasteiger partial charge in [0.1, 0.15) is 6.33 Å². The van der Waals surface area contributed by atoms with E-state index in [0.29, 0.717) is 5.92 Å². The number of hydrogen-bond acceptors (Lipinski definition) is 3. The fourth-order valence-corrected chi connectivity index (χ4v) is 1.98. The van der Waals surface area contributed by atoms with Gasteiger partial charge in [0.05, 0.1) is 18.1 Å². The maximum absolute atomic E-state index is 4.51. The lowest BCUT2D eigenvalue weighted by molar-refractivity contribution is 0.578. The van der Waals surface area contributed by atoms with Crippen LogP contribution in [0.5, 0.6) is 0 Å². The third kappa shape index (κ3) is 2.70. The van der Waals surface area contributed by atoms with Crippen LogP contribution in [0.1, 0.15) is 44.7 Å². The summed E-state index contributed by atoms with van der Waals surface area (Å²) in [5.41, 5.74) is 1.10. The van der Waals surface area contributed by atoms with Gasteiger partial charge in [0.25, 0.3) is 0 Å². The van der Waals surface area contributed by atoms with E-state index in [9.17, 15) is 0 Å². The highest BCUT2D eigenvalue weighted by Crippen LogP contribution is 2.22. The van der Waals surface area contributed by atoms with E-state index in [4.69, 9.17) is 0 Å². The standard InChI is InChI=1S/C13H18N4/c1-3-5-11(4-2)12-8-16-13(9-15-12)17-7-6-14-10-17/h6-11H,3-5H2,1-2H3. The molecule has 0 aromatic carbocycles. The van der Waals surface area contributed by atoms with Crippen molar-refractivity contribution < 1.29 is 0 Å². The van der Waals surface area contributed by atoms with Crippen molar-refractivity contribution in [1.29, 1.82) is 0 Å². The van der Waals surface area contributed by atoms with Gasteiger partial charge in [0.2, 0.25) is 0 Å². The number of hydrogen-bond donors (Lipinski definition) is 0. The van der Waals surface area contributed by atoms with Gasteiger partial charge < -0.3 is 0 Å². The maximum atomic E-state index is 4.51. The van der Waals surface area contributed by atoms with Crippen LogP contribution < -0.4 is 0 Å². The molecule has 0 saturated heterocycles. The summed E-state index contributed by atoms with van der Waals surface area (Å²) in [5, 5.41) is 0. The van der Waals surface area contributed by atoms with Crippen LogP contribution in [0.15, 0.2) is 31.1 Å². The molecular formula is C13H18N4. The van der Waals surface area contributed by atoms with Gasteiger partial charge in [0.15, 0.2) is 5.82 Å². The minimum atomic E-state index is 0.532. The van der Waals surface area contributed by atoms with Crippen molar-refractivity contribution in [3.8, 4) is 5.82 Å². The summed E-state index contributed by atoms with van der Waals surface area (Å²) in [7, 11) is 0. The van der Waals surface area contributed by atoms with Crippen LogP contribution in [0.25, 0.3) is 5.82 Å². The summed E-state index contributed by atoms with van der Waals surface area (Å²) in [4.78, 5) is 12.9. The van der Waals surface area contributed by atoms with Crippen molar-refractivity contribution in [1.82, 2.24) is 19.5 Å². The highest BCUT2D eigenvalue weighted by Gasteiger charge is 2.10. The van der Waals surface area contributed by atoms with E-state index >= 15 is 0 Å². The first-order valence-electron chi connectivity index (χ1n) is 6.15. The van der Waals surface area contributed by atoms with E-state index in [1.807, 2.05) is 23.2 Å². The van der Waals surface area contributed by atoms with Gasteiger partial charge >= 0.3 is 0 Å². The molecule has 0 radical (unpaired) electrons. The largest absolute Gasteiger partial charge is 0.289 e. The highest BCUT2D eigenvalue weighted by molar-refractivity contribution is 5.19. The summed E-state index contributed by atoms with van der Waals surface area (Å²) >= 11 is 0. The second-order valence-corrected chi connectivity index (χ2v) is 4.16. The van der Waals surface area contributed by atoms with Crippen molar-refractivity contribution in [3.05, 3.63) is 36.8 Å². The minimum absolute atomic E-state index is 0.532. The third-order valence-electron chi connectivity index (χ3n) is 2.98. The zero-order valence-electron chi connectivity index (χ0n) is 10.4. The molecule has 2 aromatic heterocycles. The second kappa shape index (κ2) is 5.57. The van der Waals surface area contributed by atoms with E-state index < -0.39 is 0 Å². The zero-order chi connectivity index (χ0) is 12.1. The highest BCUT2D eigenvalue weighted by atomic mass is 15.1. The Morgan fingerprint density at radius 2 is 2.12 bits per heavy atom. The fraction of sp³-hybridized carbons (Fsp3) is 0.462. The second-order valence-electron chi connectivity index (χ2n) is 4.16. The Hall–Kier alpha value is -1.71. The zero-order valence-corrected chi connectivity index (χ0v) is 10.4. The van der Waals surface area contributed by atoms with Crippen LogP contribution in [-0.2, 0) is 0 Å². The van der Waals surface area contributed by atoms with Crippen LogP contribution in [0.3, 0.4) is 0 Å². The molecule has 0 N–H and O–H groups in total. The Morgan fingerprint density at radius 3 is 2.65 bits per heavy atom. The molecular weight excluding hydrogens is 212 g/mol. The van der Waals surface area contributed by atoms with Gasteiger partial charge in [-0.05, 0) is 12.8 Å². The lowest BCUT2D eigenvalue weighted by Gasteiger charge is -2.12. The van der Waals surface area contributed by atoms with Gasteiger partial charge in [-0.15, -0.1) is 0 Å². The minimum Gasteiger partial charge on any atom is -0.289 e. The van der Waals surface area contributed by atoms with Crippen LogP contribution in [0, 0.1) is 0 Å². The Kier molecular flexibility index (Phi) is 3.85. The van der Waals surface area contributed by atoms with Crippen molar-refractivity contribution in [2.75, 3.05) is 0 Å². The SMILES string of the molecule is CCCC(CC)c1cnc(-n2ccnc2)cn1. The molecule has 0 saturated carbocycles. The van der Waals surface area contributed by atoms with Gasteiger partial charge in [-0.1, -0.05) is 20.3 Å². The first-order valence-corrected chi connectivity index (χ1v) is 6.15. The third-order valence-corrected chi connectivity index (χ3v) is 2.98. The maximum Gasteiger partial charge on any atom is 0.156 e. The summed E-state index contributed by atoms with van der Waals surface area (Å²) < 4.78 is 1.86. The lowest BCUT2D eigenvalue weighted by Crippen LogP contribution is -2.03. The quantitative estimate of drug-likeness (QED) is 0.793. The van der Waals surface area contributed by atoms with Crippen molar-refractivity contribution in [2.45, 2.75) is 39.0 Å². The van der Waals surface area contributed by atoms with Gasteiger partial charge in [-0.25, -0.2) is 9.97 Å². The average molecular weight is 230 g/mol. The molecule has 0 aliphatic carbocycles. The fourth-order valence-electron chi connectivity index (χ4n) is 1.98.